The standard InChI is InChI=1S/C21H15ClN6O/c22-14-6-7-17-18(8-14)28-15(10-24-26-28)9-19-20(23-12-27(17)19)21-25-16(11-29-21)13-4-2-1-3-5-13/h1-8,10,12,16H,9,11H2. The lowest BCUT2D eigenvalue weighted by Gasteiger charge is -2.10. The number of halogens is 1. The van der Waals surface area contributed by atoms with Crippen LogP contribution in [0.2, 0.25) is 5.02 Å². The Hall–Kier alpha value is -3.45. The summed E-state index contributed by atoms with van der Waals surface area (Å²) in [6, 6.07) is 15.9. The van der Waals surface area contributed by atoms with E-state index < -0.39 is 0 Å². The van der Waals surface area contributed by atoms with E-state index in [-0.39, 0.29) is 6.04 Å². The summed E-state index contributed by atoms with van der Waals surface area (Å²) in [4.78, 5) is 9.46. The van der Waals surface area contributed by atoms with Crippen LogP contribution in [0.4, 0.5) is 0 Å². The fourth-order valence-corrected chi connectivity index (χ4v) is 4.07. The highest BCUT2D eigenvalue weighted by atomic mass is 35.5. The average Bonchev–Trinajstić information content (AvgIpc) is 3.48. The van der Waals surface area contributed by atoms with Crippen molar-refractivity contribution in [2.75, 3.05) is 6.61 Å². The van der Waals surface area contributed by atoms with Crippen molar-refractivity contribution in [2.24, 2.45) is 4.99 Å². The van der Waals surface area contributed by atoms with Gasteiger partial charge in [-0.2, -0.15) is 0 Å². The lowest BCUT2D eigenvalue weighted by atomic mass is 10.1. The summed E-state index contributed by atoms with van der Waals surface area (Å²) in [5.74, 6) is 0.573. The van der Waals surface area contributed by atoms with Crippen LogP contribution in [0.5, 0.6) is 0 Å². The number of aliphatic imine (C=N–C) groups is 1. The first kappa shape index (κ1) is 16.5. The van der Waals surface area contributed by atoms with Gasteiger partial charge in [0, 0.05) is 11.4 Å². The summed E-state index contributed by atoms with van der Waals surface area (Å²) in [5.41, 5.74) is 5.62. The molecule has 2 aromatic heterocycles. The molecule has 1 unspecified atom stereocenters. The number of fused-ring (bicyclic) bond motifs is 5. The molecule has 2 aliphatic rings. The van der Waals surface area contributed by atoms with Gasteiger partial charge >= 0.3 is 0 Å². The van der Waals surface area contributed by atoms with E-state index in [9.17, 15) is 0 Å². The van der Waals surface area contributed by atoms with Crippen molar-refractivity contribution in [3.63, 3.8) is 0 Å². The smallest absolute Gasteiger partial charge is 0.238 e. The Morgan fingerprint density at radius 2 is 1.97 bits per heavy atom. The molecule has 29 heavy (non-hydrogen) atoms. The Morgan fingerprint density at radius 3 is 2.86 bits per heavy atom. The number of imidazole rings is 1. The summed E-state index contributed by atoms with van der Waals surface area (Å²) in [7, 11) is 0. The molecule has 6 rings (SSSR count). The van der Waals surface area contributed by atoms with Crippen molar-refractivity contribution >= 4 is 17.5 Å². The first-order valence-corrected chi connectivity index (χ1v) is 9.68. The minimum absolute atomic E-state index is 0.0207. The van der Waals surface area contributed by atoms with Crippen molar-refractivity contribution in [3.8, 4) is 11.4 Å². The SMILES string of the molecule is Clc1ccc2c(c1)-n1nncc1Cc1c(C3=NC(c4ccccc4)CO3)ncn1-2. The van der Waals surface area contributed by atoms with E-state index in [1.807, 2.05) is 41.1 Å². The van der Waals surface area contributed by atoms with E-state index in [1.54, 1.807) is 12.5 Å². The molecule has 0 saturated carbocycles. The molecule has 0 aliphatic carbocycles. The van der Waals surface area contributed by atoms with Crippen LogP contribution in [0.25, 0.3) is 11.4 Å². The van der Waals surface area contributed by atoms with Gasteiger partial charge in [-0.1, -0.05) is 47.1 Å². The van der Waals surface area contributed by atoms with Crippen molar-refractivity contribution in [1.29, 1.82) is 0 Å². The van der Waals surface area contributed by atoms with E-state index in [1.165, 1.54) is 0 Å². The molecule has 0 amide bonds. The number of hydrogen-bond acceptors (Lipinski definition) is 5. The van der Waals surface area contributed by atoms with Gasteiger partial charge in [-0.25, -0.2) is 14.7 Å². The summed E-state index contributed by atoms with van der Waals surface area (Å²) >= 11 is 6.25. The van der Waals surface area contributed by atoms with Crippen LogP contribution in [0.15, 0.2) is 66.0 Å². The zero-order chi connectivity index (χ0) is 19.4. The molecular weight excluding hydrogens is 388 g/mol. The fraction of sp³-hybridized carbons (Fsp3) is 0.143. The molecule has 0 fully saturated rings. The summed E-state index contributed by atoms with van der Waals surface area (Å²) in [5, 5.41) is 8.98. The molecule has 0 saturated heterocycles. The predicted molar refractivity (Wildman–Crippen MR) is 108 cm³/mol. The molecule has 4 heterocycles. The maximum atomic E-state index is 6.25. The first-order chi connectivity index (χ1) is 14.3. The Balaban J connectivity index is 1.48. The van der Waals surface area contributed by atoms with Crippen molar-refractivity contribution < 1.29 is 4.74 Å². The maximum Gasteiger partial charge on any atom is 0.238 e. The average molecular weight is 403 g/mol. The van der Waals surface area contributed by atoms with Crippen LogP contribution in [0.1, 0.15) is 28.7 Å². The normalized spacial score (nSPS) is 17.0. The van der Waals surface area contributed by atoms with Crippen molar-refractivity contribution in [1.82, 2.24) is 24.5 Å². The second kappa shape index (κ2) is 6.28. The highest BCUT2D eigenvalue weighted by Gasteiger charge is 2.29. The van der Waals surface area contributed by atoms with Gasteiger partial charge in [0.1, 0.15) is 24.7 Å². The molecule has 8 heteroatoms. The second-order valence-electron chi connectivity index (χ2n) is 7.03. The zero-order valence-electron chi connectivity index (χ0n) is 15.2. The molecule has 0 bridgehead atoms. The van der Waals surface area contributed by atoms with Gasteiger partial charge in [-0.3, -0.25) is 4.57 Å². The monoisotopic (exact) mass is 402 g/mol. The largest absolute Gasteiger partial charge is 0.474 e. The van der Waals surface area contributed by atoms with E-state index in [4.69, 9.17) is 21.3 Å². The van der Waals surface area contributed by atoms with Crippen LogP contribution >= 0.6 is 11.6 Å². The van der Waals surface area contributed by atoms with Crippen molar-refractivity contribution in [2.45, 2.75) is 12.5 Å². The Kier molecular flexibility index (Phi) is 3.57. The van der Waals surface area contributed by atoms with Crippen LogP contribution in [0, 0.1) is 0 Å². The molecule has 7 nitrogen and oxygen atoms in total. The number of aromatic nitrogens is 5. The van der Waals surface area contributed by atoms with Gasteiger partial charge in [0.15, 0.2) is 0 Å². The summed E-state index contributed by atoms with van der Waals surface area (Å²) < 4.78 is 9.84. The van der Waals surface area contributed by atoms with Crippen molar-refractivity contribution in [3.05, 3.63) is 88.7 Å². The molecular formula is C21H15ClN6O. The third kappa shape index (κ3) is 2.58. The predicted octanol–water partition coefficient (Wildman–Crippen LogP) is 3.53. The molecule has 2 aliphatic heterocycles. The molecule has 0 radical (unpaired) electrons. The number of nitrogens with zero attached hydrogens (tertiary/aromatic N) is 6. The van der Waals surface area contributed by atoms with Crippen LogP contribution in [0.3, 0.4) is 0 Å². The van der Waals surface area contributed by atoms with Gasteiger partial charge in [-0.05, 0) is 23.8 Å². The topological polar surface area (TPSA) is 70.1 Å². The van der Waals surface area contributed by atoms with Gasteiger partial charge in [0.2, 0.25) is 5.90 Å². The quantitative estimate of drug-likeness (QED) is 0.453. The second-order valence-corrected chi connectivity index (χ2v) is 7.47. The van der Waals surface area contributed by atoms with Gasteiger partial charge in [0.05, 0.1) is 29.0 Å². The zero-order valence-corrected chi connectivity index (χ0v) is 16.0. The third-order valence-corrected chi connectivity index (χ3v) is 5.53. The van der Waals surface area contributed by atoms with Gasteiger partial charge in [-0.15, -0.1) is 5.10 Å². The van der Waals surface area contributed by atoms with Gasteiger partial charge < -0.3 is 4.74 Å². The summed E-state index contributed by atoms with van der Waals surface area (Å²) in [6.07, 6.45) is 4.17. The highest BCUT2D eigenvalue weighted by molar-refractivity contribution is 6.30. The molecule has 0 spiro atoms. The first-order valence-electron chi connectivity index (χ1n) is 9.30. The molecule has 142 valence electrons. The molecule has 2 aromatic carbocycles. The maximum absolute atomic E-state index is 6.25. The summed E-state index contributed by atoms with van der Waals surface area (Å²) in [6.45, 7) is 0.511. The number of hydrogen-bond donors (Lipinski definition) is 0. The van der Waals surface area contributed by atoms with Gasteiger partial charge in [0.25, 0.3) is 0 Å². The lowest BCUT2D eigenvalue weighted by molar-refractivity contribution is 0.319. The number of rotatable bonds is 2. The minimum Gasteiger partial charge on any atom is -0.474 e. The highest BCUT2D eigenvalue weighted by Crippen LogP contribution is 2.32. The Labute approximate surface area is 171 Å². The molecule has 0 N–H and O–H groups in total. The van der Waals surface area contributed by atoms with E-state index in [0.29, 0.717) is 23.9 Å². The van der Waals surface area contributed by atoms with Crippen LogP contribution in [-0.2, 0) is 11.2 Å². The third-order valence-electron chi connectivity index (χ3n) is 5.30. The Bertz CT molecular complexity index is 1260. The molecule has 4 aromatic rings. The van der Waals surface area contributed by atoms with E-state index in [2.05, 4.69) is 32.0 Å². The van der Waals surface area contributed by atoms with E-state index in [0.717, 1.165) is 34.0 Å². The number of benzene rings is 2. The van der Waals surface area contributed by atoms with Crippen LogP contribution in [-0.4, -0.2) is 37.0 Å². The Morgan fingerprint density at radius 1 is 1.07 bits per heavy atom. The van der Waals surface area contributed by atoms with E-state index >= 15 is 0 Å². The number of ether oxygens (including phenoxy) is 1. The lowest BCUT2D eigenvalue weighted by Crippen LogP contribution is -2.08. The molecule has 1 atom stereocenters. The fourth-order valence-electron chi connectivity index (χ4n) is 3.90. The van der Waals surface area contributed by atoms with Crippen LogP contribution < -0.4 is 0 Å². The minimum atomic E-state index is -0.0207.